The van der Waals surface area contributed by atoms with Crippen molar-refractivity contribution in [3.63, 3.8) is 0 Å². The van der Waals surface area contributed by atoms with Crippen LogP contribution in [0.25, 0.3) is 11.1 Å². The molecule has 0 atom stereocenters. The first-order valence-corrected chi connectivity index (χ1v) is 5.52. The summed E-state index contributed by atoms with van der Waals surface area (Å²) in [7, 11) is 2.06. The van der Waals surface area contributed by atoms with Gasteiger partial charge in [-0.15, -0.1) is 0 Å². The fraction of sp³-hybridized carbons (Fsp3) is 0.417. The van der Waals surface area contributed by atoms with Crippen molar-refractivity contribution in [2.75, 3.05) is 19.3 Å². The van der Waals surface area contributed by atoms with Gasteiger partial charge in [0.05, 0.1) is 6.54 Å². The van der Waals surface area contributed by atoms with E-state index in [0.717, 1.165) is 36.5 Å². The summed E-state index contributed by atoms with van der Waals surface area (Å²) in [4.78, 5) is 6.60. The van der Waals surface area contributed by atoms with E-state index in [1.165, 1.54) is 0 Å². The Morgan fingerprint density at radius 1 is 1.44 bits per heavy atom. The second-order valence-corrected chi connectivity index (χ2v) is 4.07. The van der Waals surface area contributed by atoms with Gasteiger partial charge in [-0.25, -0.2) is 4.98 Å². The van der Waals surface area contributed by atoms with Gasteiger partial charge in [-0.05, 0) is 32.1 Å². The van der Waals surface area contributed by atoms with Gasteiger partial charge in [0, 0.05) is 11.8 Å². The zero-order valence-electron chi connectivity index (χ0n) is 9.73. The lowest BCUT2D eigenvalue weighted by molar-refractivity contribution is 0.293. The number of nitrogens with two attached hydrogens (primary N) is 1. The van der Waals surface area contributed by atoms with Crippen LogP contribution in [-0.4, -0.2) is 23.5 Å². The van der Waals surface area contributed by atoms with E-state index in [1.807, 2.05) is 18.2 Å². The van der Waals surface area contributed by atoms with Gasteiger partial charge in [-0.3, -0.25) is 4.90 Å². The predicted molar refractivity (Wildman–Crippen MR) is 65.0 cm³/mol. The van der Waals surface area contributed by atoms with Crippen molar-refractivity contribution in [3.05, 3.63) is 24.1 Å². The molecule has 0 fully saturated rings. The van der Waals surface area contributed by atoms with E-state index in [2.05, 4.69) is 23.9 Å². The molecule has 0 amide bonds. The molecule has 0 unspecified atom stereocenters. The monoisotopic (exact) mass is 219 g/mol. The maximum absolute atomic E-state index is 5.68. The number of benzene rings is 1. The molecule has 1 aromatic heterocycles. The van der Waals surface area contributed by atoms with Crippen LogP contribution < -0.4 is 5.73 Å². The first-order valence-electron chi connectivity index (χ1n) is 5.52. The van der Waals surface area contributed by atoms with Crippen LogP contribution in [0.1, 0.15) is 19.2 Å². The summed E-state index contributed by atoms with van der Waals surface area (Å²) in [6, 6.07) is 5.54. The van der Waals surface area contributed by atoms with E-state index in [4.69, 9.17) is 10.2 Å². The van der Waals surface area contributed by atoms with Gasteiger partial charge >= 0.3 is 0 Å². The standard InChI is InChI=1S/C12H17N3O/c1-3-6-15(2)8-12-14-10-5-4-9(13)7-11(10)16-12/h4-5,7H,3,6,8,13H2,1-2H3. The second-order valence-electron chi connectivity index (χ2n) is 4.07. The van der Waals surface area contributed by atoms with Gasteiger partial charge in [0.15, 0.2) is 5.58 Å². The van der Waals surface area contributed by atoms with Crippen molar-refractivity contribution in [2.24, 2.45) is 0 Å². The molecule has 2 N–H and O–H groups in total. The Kier molecular flexibility index (Phi) is 3.10. The average molecular weight is 219 g/mol. The highest BCUT2D eigenvalue weighted by Crippen LogP contribution is 2.18. The molecule has 0 saturated carbocycles. The number of aromatic nitrogens is 1. The molecular weight excluding hydrogens is 202 g/mol. The summed E-state index contributed by atoms with van der Waals surface area (Å²) in [5.41, 5.74) is 8.02. The number of rotatable bonds is 4. The highest BCUT2D eigenvalue weighted by atomic mass is 16.3. The van der Waals surface area contributed by atoms with Crippen molar-refractivity contribution < 1.29 is 4.42 Å². The Morgan fingerprint density at radius 2 is 2.25 bits per heavy atom. The number of anilines is 1. The first kappa shape index (κ1) is 11.0. The normalized spacial score (nSPS) is 11.4. The topological polar surface area (TPSA) is 55.3 Å². The van der Waals surface area contributed by atoms with Gasteiger partial charge in [-0.2, -0.15) is 0 Å². The van der Waals surface area contributed by atoms with Crippen molar-refractivity contribution in [1.29, 1.82) is 0 Å². The number of oxazole rings is 1. The Balaban J connectivity index is 2.19. The van der Waals surface area contributed by atoms with Crippen LogP contribution in [0.4, 0.5) is 5.69 Å². The van der Waals surface area contributed by atoms with Gasteiger partial charge in [0.25, 0.3) is 0 Å². The number of nitrogens with zero attached hydrogens (tertiary/aromatic N) is 2. The molecule has 2 rings (SSSR count). The third kappa shape index (κ3) is 2.33. The molecule has 16 heavy (non-hydrogen) atoms. The van der Waals surface area contributed by atoms with Crippen molar-refractivity contribution in [2.45, 2.75) is 19.9 Å². The van der Waals surface area contributed by atoms with Crippen LogP contribution in [0.15, 0.2) is 22.6 Å². The van der Waals surface area contributed by atoms with E-state index in [-0.39, 0.29) is 0 Å². The maximum Gasteiger partial charge on any atom is 0.209 e. The van der Waals surface area contributed by atoms with E-state index >= 15 is 0 Å². The fourth-order valence-electron chi connectivity index (χ4n) is 1.75. The van der Waals surface area contributed by atoms with Crippen LogP contribution in [0, 0.1) is 0 Å². The van der Waals surface area contributed by atoms with Crippen LogP contribution in [-0.2, 0) is 6.54 Å². The molecule has 2 aromatic rings. The molecule has 0 aliphatic carbocycles. The zero-order chi connectivity index (χ0) is 11.5. The zero-order valence-corrected chi connectivity index (χ0v) is 9.73. The minimum atomic E-state index is 0.706. The SMILES string of the molecule is CCCN(C)Cc1nc2ccc(N)cc2o1. The molecule has 0 bridgehead atoms. The summed E-state index contributed by atoms with van der Waals surface area (Å²) in [6.45, 7) is 3.94. The number of fused-ring (bicyclic) bond motifs is 1. The van der Waals surface area contributed by atoms with Gasteiger partial charge in [-0.1, -0.05) is 6.92 Å². The van der Waals surface area contributed by atoms with Crippen molar-refractivity contribution in [1.82, 2.24) is 9.88 Å². The van der Waals surface area contributed by atoms with E-state index in [0.29, 0.717) is 5.69 Å². The van der Waals surface area contributed by atoms with Gasteiger partial charge < -0.3 is 10.2 Å². The molecule has 0 aliphatic rings. The van der Waals surface area contributed by atoms with E-state index < -0.39 is 0 Å². The summed E-state index contributed by atoms with van der Waals surface area (Å²) < 4.78 is 5.63. The van der Waals surface area contributed by atoms with Crippen molar-refractivity contribution in [3.8, 4) is 0 Å². The molecule has 1 heterocycles. The van der Waals surface area contributed by atoms with Crippen LogP contribution in [0.3, 0.4) is 0 Å². The lowest BCUT2D eigenvalue weighted by atomic mass is 10.3. The number of nitrogen functional groups attached to an aromatic ring is 1. The highest BCUT2D eigenvalue weighted by Gasteiger charge is 2.07. The Morgan fingerprint density at radius 3 is 3.00 bits per heavy atom. The summed E-state index contributed by atoms with van der Waals surface area (Å²) >= 11 is 0. The largest absolute Gasteiger partial charge is 0.439 e. The molecular formula is C12H17N3O. The number of hydrogen-bond donors (Lipinski definition) is 1. The molecule has 4 nitrogen and oxygen atoms in total. The first-order chi connectivity index (χ1) is 7.69. The fourth-order valence-corrected chi connectivity index (χ4v) is 1.75. The van der Waals surface area contributed by atoms with Crippen molar-refractivity contribution >= 4 is 16.8 Å². The van der Waals surface area contributed by atoms with Crippen LogP contribution in [0.5, 0.6) is 0 Å². The summed E-state index contributed by atoms with van der Waals surface area (Å²) in [6.07, 6.45) is 1.13. The smallest absolute Gasteiger partial charge is 0.209 e. The molecule has 0 aliphatic heterocycles. The second kappa shape index (κ2) is 4.53. The van der Waals surface area contributed by atoms with Gasteiger partial charge in [0.1, 0.15) is 5.52 Å². The number of hydrogen-bond acceptors (Lipinski definition) is 4. The molecule has 1 aromatic carbocycles. The molecule has 4 heteroatoms. The highest BCUT2D eigenvalue weighted by molar-refractivity contribution is 5.76. The Hall–Kier alpha value is -1.55. The molecule has 0 saturated heterocycles. The third-order valence-electron chi connectivity index (χ3n) is 2.47. The van der Waals surface area contributed by atoms with Crippen LogP contribution in [0.2, 0.25) is 0 Å². The van der Waals surface area contributed by atoms with E-state index in [9.17, 15) is 0 Å². The van der Waals surface area contributed by atoms with Crippen LogP contribution >= 0.6 is 0 Å². The lowest BCUT2D eigenvalue weighted by Crippen LogP contribution is -2.18. The quantitative estimate of drug-likeness (QED) is 0.801. The Bertz CT molecular complexity index is 478. The Labute approximate surface area is 95.1 Å². The minimum Gasteiger partial charge on any atom is -0.439 e. The maximum atomic E-state index is 5.68. The average Bonchev–Trinajstić information content (AvgIpc) is 2.59. The molecule has 86 valence electrons. The predicted octanol–water partition coefficient (Wildman–Crippen LogP) is 2.25. The molecule has 0 radical (unpaired) electrons. The summed E-state index contributed by atoms with van der Waals surface area (Å²) in [5.74, 6) is 0.747. The molecule has 0 spiro atoms. The lowest BCUT2D eigenvalue weighted by Gasteiger charge is -2.11. The minimum absolute atomic E-state index is 0.706. The van der Waals surface area contributed by atoms with Gasteiger partial charge in [0.2, 0.25) is 5.89 Å². The third-order valence-corrected chi connectivity index (χ3v) is 2.47. The van der Waals surface area contributed by atoms with E-state index in [1.54, 1.807) is 0 Å². The summed E-state index contributed by atoms with van der Waals surface area (Å²) in [5, 5.41) is 0.